The van der Waals surface area contributed by atoms with Crippen molar-refractivity contribution in [1.82, 2.24) is 5.32 Å². The van der Waals surface area contributed by atoms with E-state index in [0.29, 0.717) is 24.7 Å². The Bertz CT molecular complexity index is 740. The molecular weight excluding hydrogens is 322 g/mol. The van der Waals surface area contributed by atoms with Gasteiger partial charge in [0.25, 0.3) is 0 Å². The number of carbonyl (C=O) groups excluding carboxylic acids is 1. The highest BCUT2D eigenvalue weighted by molar-refractivity contribution is 5.87. The van der Waals surface area contributed by atoms with Crippen LogP contribution in [0, 0.1) is 0 Å². The van der Waals surface area contributed by atoms with E-state index in [-0.39, 0.29) is 17.9 Å². The molecule has 25 heavy (non-hydrogen) atoms. The number of methoxy groups -OCH3 is 1. The van der Waals surface area contributed by atoms with Gasteiger partial charge in [0, 0.05) is 6.54 Å². The number of aromatic carboxylic acids is 1. The molecule has 6 nitrogen and oxygen atoms in total. The average Bonchev–Trinajstić information content (AvgIpc) is 2.61. The van der Waals surface area contributed by atoms with E-state index < -0.39 is 5.97 Å². The first-order valence-electron chi connectivity index (χ1n) is 7.92. The van der Waals surface area contributed by atoms with E-state index >= 15 is 0 Å². The smallest absolute Gasteiger partial charge is 0.335 e. The molecule has 0 atom stereocenters. The zero-order chi connectivity index (χ0) is 18.2. The van der Waals surface area contributed by atoms with E-state index in [9.17, 15) is 9.59 Å². The van der Waals surface area contributed by atoms with Gasteiger partial charge in [-0.25, -0.2) is 4.79 Å². The summed E-state index contributed by atoms with van der Waals surface area (Å²) in [5, 5.41) is 11.7. The summed E-state index contributed by atoms with van der Waals surface area (Å²) < 4.78 is 10.7. The van der Waals surface area contributed by atoms with Crippen LogP contribution in [0.2, 0.25) is 0 Å². The topological polar surface area (TPSA) is 84.9 Å². The van der Waals surface area contributed by atoms with Crippen molar-refractivity contribution >= 4 is 11.9 Å². The molecule has 0 saturated carbocycles. The second kappa shape index (κ2) is 8.73. The second-order valence-corrected chi connectivity index (χ2v) is 5.37. The number of hydrogen-bond acceptors (Lipinski definition) is 4. The second-order valence-electron chi connectivity index (χ2n) is 5.37. The molecule has 0 radical (unpaired) electrons. The highest BCUT2D eigenvalue weighted by atomic mass is 16.5. The number of hydrogen-bond donors (Lipinski definition) is 2. The normalized spacial score (nSPS) is 10.2. The number of amides is 1. The maximum absolute atomic E-state index is 12.1. The summed E-state index contributed by atoms with van der Waals surface area (Å²) in [6.07, 6.45) is 0.189. The summed E-state index contributed by atoms with van der Waals surface area (Å²) in [4.78, 5) is 22.9. The molecule has 1 amide bonds. The summed E-state index contributed by atoms with van der Waals surface area (Å²) in [5.41, 5.74) is 1.86. The third kappa shape index (κ3) is 5.24. The molecule has 0 spiro atoms. The highest BCUT2D eigenvalue weighted by Gasteiger charge is 2.08. The average molecular weight is 343 g/mol. The molecule has 2 rings (SSSR count). The van der Waals surface area contributed by atoms with Crippen molar-refractivity contribution in [2.24, 2.45) is 0 Å². The Hall–Kier alpha value is -3.02. The molecule has 2 N–H and O–H groups in total. The first kappa shape index (κ1) is 18.3. The minimum atomic E-state index is -0.986. The Morgan fingerprint density at radius 3 is 2.32 bits per heavy atom. The van der Waals surface area contributed by atoms with Gasteiger partial charge in [0.1, 0.15) is 0 Å². The molecule has 2 aromatic rings. The molecule has 0 aliphatic heterocycles. The number of carboxylic acid groups (broad SMARTS) is 1. The molecule has 0 aliphatic rings. The zero-order valence-electron chi connectivity index (χ0n) is 14.2. The molecule has 132 valence electrons. The van der Waals surface area contributed by atoms with Gasteiger partial charge in [-0.05, 0) is 42.3 Å². The standard InChI is InChI=1S/C19H21NO5/c1-3-25-17-10-14(6-9-16(17)24-2)12-20-18(21)11-13-4-7-15(8-5-13)19(22)23/h4-10H,3,11-12H2,1-2H3,(H,20,21)(H,22,23). The lowest BCUT2D eigenvalue weighted by atomic mass is 10.1. The van der Waals surface area contributed by atoms with Crippen LogP contribution in [-0.2, 0) is 17.8 Å². The largest absolute Gasteiger partial charge is 0.493 e. The predicted molar refractivity (Wildman–Crippen MR) is 93.1 cm³/mol. The highest BCUT2D eigenvalue weighted by Crippen LogP contribution is 2.27. The molecule has 0 heterocycles. The molecule has 0 fully saturated rings. The van der Waals surface area contributed by atoms with E-state index in [1.165, 1.54) is 12.1 Å². The maximum Gasteiger partial charge on any atom is 0.335 e. The third-order valence-corrected chi connectivity index (χ3v) is 3.58. The maximum atomic E-state index is 12.1. The van der Waals surface area contributed by atoms with Crippen LogP contribution in [-0.4, -0.2) is 30.7 Å². The minimum absolute atomic E-state index is 0.142. The molecule has 0 aromatic heterocycles. The number of carbonyl (C=O) groups is 2. The van der Waals surface area contributed by atoms with Crippen LogP contribution >= 0.6 is 0 Å². The van der Waals surface area contributed by atoms with Gasteiger partial charge in [0.2, 0.25) is 5.91 Å². The Morgan fingerprint density at radius 1 is 1.04 bits per heavy atom. The Labute approximate surface area is 146 Å². The number of carboxylic acids is 1. The van der Waals surface area contributed by atoms with Crippen LogP contribution in [0.15, 0.2) is 42.5 Å². The van der Waals surface area contributed by atoms with E-state index in [4.69, 9.17) is 14.6 Å². The molecule has 6 heteroatoms. The van der Waals surface area contributed by atoms with E-state index in [2.05, 4.69) is 5.32 Å². The lowest BCUT2D eigenvalue weighted by Crippen LogP contribution is -2.24. The summed E-state index contributed by atoms with van der Waals surface area (Å²) >= 11 is 0. The zero-order valence-corrected chi connectivity index (χ0v) is 14.2. The van der Waals surface area contributed by atoms with Crippen LogP contribution in [0.1, 0.15) is 28.4 Å². The van der Waals surface area contributed by atoms with Crippen LogP contribution in [0.5, 0.6) is 11.5 Å². The predicted octanol–water partition coefficient (Wildman–Crippen LogP) is 2.65. The van der Waals surface area contributed by atoms with Crippen molar-refractivity contribution in [3.05, 3.63) is 59.2 Å². The molecule has 0 unspecified atom stereocenters. The van der Waals surface area contributed by atoms with Crippen molar-refractivity contribution < 1.29 is 24.2 Å². The first-order valence-corrected chi connectivity index (χ1v) is 7.92. The molecular formula is C19H21NO5. The lowest BCUT2D eigenvalue weighted by molar-refractivity contribution is -0.120. The van der Waals surface area contributed by atoms with Crippen molar-refractivity contribution in [1.29, 1.82) is 0 Å². The molecule has 2 aromatic carbocycles. The van der Waals surface area contributed by atoms with Gasteiger partial charge in [-0.15, -0.1) is 0 Å². The van der Waals surface area contributed by atoms with Crippen LogP contribution in [0.4, 0.5) is 0 Å². The number of benzene rings is 2. The summed E-state index contributed by atoms with van der Waals surface area (Å²) in [6, 6.07) is 11.8. The number of ether oxygens (including phenoxy) is 2. The summed E-state index contributed by atoms with van der Waals surface area (Å²) in [5.74, 6) is 0.161. The van der Waals surface area contributed by atoms with Crippen molar-refractivity contribution in [2.45, 2.75) is 19.9 Å². The van der Waals surface area contributed by atoms with Crippen LogP contribution in [0.3, 0.4) is 0 Å². The lowest BCUT2D eigenvalue weighted by Gasteiger charge is -2.11. The first-order chi connectivity index (χ1) is 12.0. The Balaban J connectivity index is 1.93. The molecule has 0 aliphatic carbocycles. The monoisotopic (exact) mass is 343 g/mol. The van der Waals surface area contributed by atoms with Gasteiger partial charge < -0.3 is 19.9 Å². The van der Waals surface area contributed by atoms with Crippen molar-refractivity contribution in [3.8, 4) is 11.5 Å². The van der Waals surface area contributed by atoms with Crippen molar-refractivity contribution in [3.63, 3.8) is 0 Å². The van der Waals surface area contributed by atoms with Gasteiger partial charge in [-0.3, -0.25) is 4.79 Å². The van der Waals surface area contributed by atoms with E-state index in [1.807, 2.05) is 19.1 Å². The SMILES string of the molecule is CCOc1cc(CNC(=O)Cc2ccc(C(=O)O)cc2)ccc1OC. The van der Waals surface area contributed by atoms with Crippen LogP contribution in [0.25, 0.3) is 0 Å². The number of rotatable bonds is 8. The van der Waals surface area contributed by atoms with Gasteiger partial charge in [0.15, 0.2) is 11.5 Å². The minimum Gasteiger partial charge on any atom is -0.493 e. The Kier molecular flexibility index (Phi) is 6.39. The summed E-state index contributed by atoms with van der Waals surface area (Å²) in [7, 11) is 1.58. The van der Waals surface area contributed by atoms with Gasteiger partial charge >= 0.3 is 5.97 Å². The van der Waals surface area contributed by atoms with E-state index in [0.717, 1.165) is 11.1 Å². The fourth-order valence-corrected chi connectivity index (χ4v) is 2.31. The fourth-order valence-electron chi connectivity index (χ4n) is 2.31. The van der Waals surface area contributed by atoms with E-state index in [1.54, 1.807) is 25.3 Å². The fraction of sp³-hybridized carbons (Fsp3) is 0.263. The molecule has 0 saturated heterocycles. The Morgan fingerprint density at radius 2 is 1.72 bits per heavy atom. The van der Waals surface area contributed by atoms with Gasteiger partial charge in [-0.1, -0.05) is 18.2 Å². The van der Waals surface area contributed by atoms with Crippen molar-refractivity contribution in [2.75, 3.05) is 13.7 Å². The molecule has 0 bridgehead atoms. The summed E-state index contributed by atoms with van der Waals surface area (Å²) in [6.45, 7) is 2.79. The van der Waals surface area contributed by atoms with Gasteiger partial charge in [0.05, 0.1) is 25.7 Å². The number of nitrogens with one attached hydrogen (secondary N) is 1. The van der Waals surface area contributed by atoms with Crippen LogP contribution < -0.4 is 14.8 Å². The quantitative estimate of drug-likeness (QED) is 0.770. The van der Waals surface area contributed by atoms with Gasteiger partial charge in [-0.2, -0.15) is 0 Å². The third-order valence-electron chi connectivity index (χ3n) is 3.58.